The van der Waals surface area contributed by atoms with E-state index < -0.39 is 0 Å². The van der Waals surface area contributed by atoms with E-state index in [1.807, 2.05) is 9.80 Å². The van der Waals surface area contributed by atoms with Gasteiger partial charge in [-0.3, -0.25) is 14.6 Å². The van der Waals surface area contributed by atoms with Gasteiger partial charge < -0.3 is 14.7 Å². The summed E-state index contributed by atoms with van der Waals surface area (Å²) in [6, 6.07) is 1.71. The van der Waals surface area contributed by atoms with Crippen molar-refractivity contribution in [3.8, 4) is 0 Å². The summed E-state index contributed by atoms with van der Waals surface area (Å²) in [6.07, 6.45) is 5.36. The zero-order valence-corrected chi connectivity index (χ0v) is 15.3. The maximum atomic E-state index is 12.7. The molecule has 3 heterocycles. The molecule has 25 heavy (non-hydrogen) atoms. The summed E-state index contributed by atoms with van der Waals surface area (Å²) < 4.78 is 0. The van der Waals surface area contributed by atoms with Gasteiger partial charge >= 0.3 is 0 Å². The van der Waals surface area contributed by atoms with Crippen molar-refractivity contribution < 1.29 is 9.59 Å². The number of carbonyl (C=O) groups excluding carboxylic acids is 2. The van der Waals surface area contributed by atoms with Gasteiger partial charge in [0.2, 0.25) is 0 Å². The van der Waals surface area contributed by atoms with Crippen LogP contribution in [0.25, 0.3) is 0 Å². The number of rotatable bonds is 3. The number of piperidine rings is 1. The second-order valence-corrected chi connectivity index (χ2v) is 7.19. The van der Waals surface area contributed by atoms with Crippen LogP contribution >= 0.6 is 0 Å². The number of hydrogen-bond donors (Lipinski definition) is 0. The number of carbonyl (C=O) groups is 2. The molecule has 0 N–H and O–H groups in total. The van der Waals surface area contributed by atoms with E-state index in [2.05, 4.69) is 23.7 Å². The Morgan fingerprint density at radius 1 is 1.04 bits per heavy atom. The second-order valence-electron chi connectivity index (χ2n) is 7.19. The lowest BCUT2D eigenvalue weighted by molar-refractivity contribution is 0.0642. The first kappa shape index (κ1) is 17.9. The van der Waals surface area contributed by atoms with Crippen LogP contribution in [0.5, 0.6) is 0 Å². The van der Waals surface area contributed by atoms with Crippen LogP contribution in [0.4, 0.5) is 0 Å². The Labute approximate surface area is 149 Å². The minimum absolute atomic E-state index is 0.00972. The molecule has 0 bridgehead atoms. The predicted molar refractivity (Wildman–Crippen MR) is 96.6 cm³/mol. The molecule has 1 aromatic heterocycles. The van der Waals surface area contributed by atoms with Gasteiger partial charge in [-0.25, -0.2) is 0 Å². The van der Waals surface area contributed by atoms with E-state index in [-0.39, 0.29) is 11.8 Å². The molecule has 3 rings (SSSR count). The van der Waals surface area contributed by atoms with Crippen LogP contribution in [0.3, 0.4) is 0 Å². The second kappa shape index (κ2) is 7.95. The highest BCUT2D eigenvalue weighted by Crippen LogP contribution is 2.18. The topological polar surface area (TPSA) is 56.8 Å². The van der Waals surface area contributed by atoms with E-state index in [0.29, 0.717) is 17.0 Å². The maximum Gasteiger partial charge on any atom is 0.255 e. The van der Waals surface area contributed by atoms with Gasteiger partial charge in [0.05, 0.1) is 11.1 Å². The highest BCUT2D eigenvalue weighted by molar-refractivity contribution is 5.99. The molecule has 1 aromatic rings. The minimum Gasteiger partial charge on any atom is -0.338 e. The van der Waals surface area contributed by atoms with Crippen molar-refractivity contribution >= 4 is 11.8 Å². The molecule has 0 radical (unpaired) electrons. The lowest BCUT2D eigenvalue weighted by Gasteiger charge is -2.34. The summed E-state index contributed by atoms with van der Waals surface area (Å²) >= 11 is 0. The Morgan fingerprint density at radius 2 is 1.68 bits per heavy atom. The largest absolute Gasteiger partial charge is 0.338 e. The summed E-state index contributed by atoms with van der Waals surface area (Å²) in [4.78, 5) is 35.7. The molecule has 2 fully saturated rings. The van der Waals surface area contributed by atoms with E-state index in [4.69, 9.17) is 0 Å². The molecule has 0 aliphatic carbocycles. The van der Waals surface area contributed by atoms with Crippen molar-refractivity contribution in [1.82, 2.24) is 19.7 Å². The van der Waals surface area contributed by atoms with Crippen molar-refractivity contribution in [1.29, 1.82) is 0 Å². The van der Waals surface area contributed by atoms with Gasteiger partial charge in [0, 0.05) is 51.7 Å². The lowest BCUT2D eigenvalue weighted by Crippen LogP contribution is -2.48. The number of piperazine rings is 1. The molecule has 2 aliphatic heterocycles. The average Bonchev–Trinajstić information content (AvgIpc) is 2.67. The molecular weight excluding hydrogens is 316 g/mol. The molecule has 0 aromatic carbocycles. The fraction of sp³-hybridized carbons (Fsp3) is 0.632. The summed E-state index contributed by atoms with van der Waals surface area (Å²) in [6.45, 7) is 10.2. The summed E-state index contributed by atoms with van der Waals surface area (Å²) in [5, 5.41) is 0. The Kier molecular flexibility index (Phi) is 5.68. The van der Waals surface area contributed by atoms with Crippen LogP contribution in [-0.4, -0.2) is 77.3 Å². The summed E-state index contributed by atoms with van der Waals surface area (Å²) in [5.74, 6) is 0.500. The van der Waals surface area contributed by atoms with Gasteiger partial charge in [0.25, 0.3) is 11.8 Å². The zero-order chi connectivity index (χ0) is 17.8. The minimum atomic E-state index is -0.0232. The average molecular weight is 344 g/mol. The molecule has 2 saturated heterocycles. The quantitative estimate of drug-likeness (QED) is 0.838. The zero-order valence-electron chi connectivity index (χ0n) is 15.3. The number of pyridine rings is 1. The maximum absolute atomic E-state index is 12.7. The van der Waals surface area contributed by atoms with Gasteiger partial charge in [0.1, 0.15) is 0 Å². The number of likely N-dealkylation sites (N-methyl/N-ethyl adjacent to an activating group) is 1. The number of nitrogens with zero attached hydrogens (tertiary/aromatic N) is 4. The van der Waals surface area contributed by atoms with E-state index in [9.17, 15) is 9.59 Å². The van der Waals surface area contributed by atoms with Crippen molar-refractivity contribution in [3.05, 3.63) is 29.6 Å². The van der Waals surface area contributed by atoms with E-state index in [0.717, 1.165) is 52.2 Å². The van der Waals surface area contributed by atoms with Gasteiger partial charge in [-0.05, 0) is 31.4 Å². The fourth-order valence-corrected chi connectivity index (χ4v) is 3.68. The third kappa shape index (κ3) is 4.18. The Hall–Kier alpha value is -1.95. The molecule has 2 amide bonds. The van der Waals surface area contributed by atoms with Crippen molar-refractivity contribution in [3.63, 3.8) is 0 Å². The van der Waals surface area contributed by atoms with Crippen molar-refractivity contribution in [2.24, 2.45) is 5.92 Å². The molecule has 0 saturated carbocycles. The third-order valence-corrected chi connectivity index (χ3v) is 5.28. The van der Waals surface area contributed by atoms with E-state index in [1.54, 1.807) is 18.5 Å². The Morgan fingerprint density at radius 3 is 2.28 bits per heavy atom. The molecule has 1 unspecified atom stereocenters. The summed E-state index contributed by atoms with van der Waals surface area (Å²) in [5.41, 5.74) is 1.04. The SMILES string of the molecule is CCN1CCN(C(=O)c2cncc(C(=O)N3CCCC(C)C3)c2)CC1. The highest BCUT2D eigenvalue weighted by atomic mass is 16.2. The number of likely N-dealkylation sites (tertiary alicyclic amines) is 1. The first-order valence-electron chi connectivity index (χ1n) is 9.34. The molecule has 1 atom stereocenters. The molecule has 136 valence electrons. The molecule has 0 spiro atoms. The van der Waals surface area contributed by atoms with Crippen LogP contribution in [0.2, 0.25) is 0 Å². The Balaban J connectivity index is 1.68. The predicted octanol–water partition coefficient (Wildman–Crippen LogP) is 1.73. The number of aromatic nitrogens is 1. The highest BCUT2D eigenvalue weighted by Gasteiger charge is 2.25. The molecular formula is C19H28N4O2. The number of hydrogen-bond acceptors (Lipinski definition) is 4. The van der Waals surface area contributed by atoms with Crippen molar-refractivity contribution in [2.75, 3.05) is 45.8 Å². The molecule has 6 heteroatoms. The smallest absolute Gasteiger partial charge is 0.255 e. The first-order valence-corrected chi connectivity index (χ1v) is 9.34. The molecule has 2 aliphatic rings. The fourth-order valence-electron chi connectivity index (χ4n) is 3.68. The first-order chi connectivity index (χ1) is 12.1. The standard InChI is InChI=1S/C19H28N4O2/c1-3-21-7-9-22(10-8-21)18(24)16-11-17(13-20-12-16)19(25)23-6-4-5-15(2)14-23/h11-13,15H,3-10,14H2,1-2H3. The normalized spacial score (nSPS) is 22.1. The molecule has 6 nitrogen and oxygen atoms in total. The van der Waals surface area contributed by atoms with Gasteiger partial charge in [-0.2, -0.15) is 0 Å². The van der Waals surface area contributed by atoms with Gasteiger partial charge in [0.15, 0.2) is 0 Å². The Bertz CT molecular complexity index is 626. The third-order valence-electron chi connectivity index (χ3n) is 5.28. The van der Waals surface area contributed by atoms with Crippen LogP contribution < -0.4 is 0 Å². The number of amides is 2. The van der Waals surface area contributed by atoms with Crippen LogP contribution in [0.1, 0.15) is 47.4 Å². The van der Waals surface area contributed by atoms with Crippen LogP contribution in [0, 0.1) is 5.92 Å². The monoisotopic (exact) mass is 344 g/mol. The van der Waals surface area contributed by atoms with E-state index in [1.165, 1.54) is 6.42 Å². The van der Waals surface area contributed by atoms with Crippen LogP contribution in [-0.2, 0) is 0 Å². The van der Waals surface area contributed by atoms with Crippen molar-refractivity contribution in [2.45, 2.75) is 26.7 Å². The summed E-state index contributed by atoms with van der Waals surface area (Å²) in [7, 11) is 0. The van der Waals surface area contributed by atoms with E-state index >= 15 is 0 Å². The van der Waals surface area contributed by atoms with Crippen LogP contribution in [0.15, 0.2) is 18.5 Å². The van der Waals surface area contributed by atoms with Gasteiger partial charge in [-0.1, -0.05) is 13.8 Å². The lowest BCUT2D eigenvalue weighted by atomic mass is 9.99. The van der Waals surface area contributed by atoms with Gasteiger partial charge in [-0.15, -0.1) is 0 Å².